The van der Waals surface area contributed by atoms with Gasteiger partial charge in [-0.2, -0.15) is 4.80 Å². The van der Waals surface area contributed by atoms with E-state index in [-0.39, 0.29) is 6.03 Å². The van der Waals surface area contributed by atoms with Crippen LogP contribution in [0.15, 0.2) is 30.5 Å². The van der Waals surface area contributed by atoms with Gasteiger partial charge in [-0.1, -0.05) is 12.1 Å². The molecule has 2 amide bonds. The molecule has 2 aromatic heterocycles. The molecule has 3 rings (SSSR count). The lowest BCUT2D eigenvalue weighted by Crippen LogP contribution is -2.31. The molecule has 0 aliphatic heterocycles. The first kappa shape index (κ1) is 16.6. The van der Waals surface area contributed by atoms with Gasteiger partial charge in [0.05, 0.1) is 13.1 Å². The van der Waals surface area contributed by atoms with Crippen LogP contribution in [0.4, 0.5) is 10.5 Å². The monoisotopic (exact) mass is 340 g/mol. The molecule has 0 aliphatic carbocycles. The molecular formula is C16H20N8O. The van der Waals surface area contributed by atoms with E-state index >= 15 is 0 Å². The predicted molar refractivity (Wildman–Crippen MR) is 92.7 cm³/mol. The van der Waals surface area contributed by atoms with Crippen LogP contribution in [0, 0.1) is 6.92 Å². The van der Waals surface area contributed by atoms with Crippen molar-refractivity contribution >= 4 is 11.7 Å². The van der Waals surface area contributed by atoms with Crippen LogP contribution in [0.2, 0.25) is 0 Å². The van der Waals surface area contributed by atoms with Gasteiger partial charge in [0.25, 0.3) is 0 Å². The molecule has 0 spiro atoms. The van der Waals surface area contributed by atoms with Crippen LogP contribution in [-0.4, -0.2) is 48.2 Å². The van der Waals surface area contributed by atoms with Gasteiger partial charge in [0, 0.05) is 30.2 Å². The Balaban J connectivity index is 1.67. The lowest BCUT2D eigenvalue weighted by molar-refractivity contribution is 0.219. The van der Waals surface area contributed by atoms with Crippen molar-refractivity contribution in [3.8, 4) is 11.4 Å². The van der Waals surface area contributed by atoms with E-state index in [4.69, 9.17) is 0 Å². The molecule has 2 heterocycles. The summed E-state index contributed by atoms with van der Waals surface area (Å²) in [5, 5.41) is 15.1. The van der Waals surface area contributed by atoms with Gasteiger partial charge in [-0.25, -0.2) is 9.78 Å². The van der Waals surface area contributed by atoms with Crippen LogP contribution in [0.1, 0.15) is 18.4 Å². The van der Waals surface area contributed by atoms with E-state index in [2.05, 4.69) is 30.7 Å². The Kier molecular flexibility index (Phi) is 4.73. The molecule has 0 radical (unpaired) electrons. The van der Waals surface area contributed by atoms with E-state index in [9.17, 15) is 4.79 Å². The van der Waals surface area contributed by atoms with Crippen molar-refractivity contribution in [1.29, 1.82) is 0 Å². The zero-order valence-corrected chi connectivity index (χ0v) is 14.4. The molecule has 0 aliphatic rings. The number of anilines is 1. The number of hydrogen-bond donors (Lipinski definition) is 2. The molecule has 0 saturated carbocycles. The van der Waals surface area contributed by atoms with Gasteiger partial charge >= 0.3 is 6.03 Å². The highest BCUT2D eigenvalue weighted by molar-refractivity contribution is 5.89. The number of tetrazole rings is 1. The van der Waals surface area contributed by atoms with Crippen LogP contribution in [-0.2, 0) is 13.1 Å². The predicted octanol–water partition coefficient (Wildman–Crippen LogP) is 2.06. The number of aromatic nitrogens is 6. The molecule has 0 saturated heterocycles. The van der Waals surface area contributed by atoms with Crippen molar-refractivity contribution < 1.29 is 4.79 Å². The number of imidazole rings is 1. The summed E-state index contributed by atoms with van der Waals surface area (Å²) in [7, 11) is 1.71. The van der Waals surface area contributed by atoms with E-state index in [1.54, 1.807) is 18.1 Å². The molecule has 0 unspecified atom stereocenters. The summed E-state index contributed by atoms with van der Waals surface area (Å²) in [5.74, 6) is 1.27. The summed E-state index contributed by atoms with van der Waals surface area (Å²) in [4.78, 5) is 22.7. The highest BCUT2D eigenvalue weighted by Crippen LogP contribution is 2.19. The molecule has 9 nitrogen and oxygen atoms in total. The fourth-order valence-electron chi connectivity index (χ4n) is 2.29. The second-order valence-corrected chi connectivity index (χ2v) is 5.68. The average molecular weight is 340 g/mol. The van der Waals surface area contributed by atoms with Gasteiger partial charge in [0.1, 0.15) is 5.82 Å². The van der Waals surface area contributed by atoms with Crippen molar-refractivity contribution in [2.75, 3.05) is 12.4 Å². The maximum absolute atomic E-state index is 12.3. The van der Waals surface area contributed by atoms with Crippen molar-refractivity contribution in [1.82, 2.24) is 35.1 Å². The number of H-pyrrole nitrogens is 1. The minimum absolute atomic E-state index is 0.226. The Morgan fingerprint density at radius 3 is 2.92 bits per heavy atom. The fourth-order valence-corrected chi connectivity index (χ4v) is 2.29. The standard InChI is InChI=1S/C16H20N8O/c1-4-24-21-15(20-22-24)12-6-5-7-13(8-12)19-16(25)23(3)10-14-17-9-11(2)18-14/h5-9H,4,10H2,1-3H3,(H,17,18)(H,19,25). The van der Waals surface area contributed by atoms with Gasteiger partial charge in [-0.15, -0.1) is 10.2 Å². The zero-order valence-electron chi connectivity index (χ0n) is 14.4. The van der Waals surface area contributed by atoms with Crippen LogP contribution in [0.3, 0.4) is 0 Å². The molecular weight excluding hydrogens is 320 g/mol. The molecule has 25 heavy (non-hydrogen) atoms. The highest BCUT2D eigenvalue weighted by atomic mass is 16.2. The number of amides is 2. The summed E-state index contributed by atoms with van der Waals surface area (Å²) in [5.41, 5.74) is 2.42. The number of aromatic amines is 1. The van der Waals surface area contributed by atoms with E-state index in [0.717, 1.165) is 17.1 Å². The Labute approximate surface area is 145 Å². The fraction of sp³-hybridized carbons (Fsp3) is 0.312. The number of benzene rings is 1. The molecule has 0 atom stereocenters. The van der Waals surface area contributed by atoms with Crippen molar-refractivity contribution in [2.24, 2.45) is 0 Å². The van der Waals surface area contributed by atoms with Crippen LogP contribution < -0.4 is 5.32 Å². The molecule has 0 bridgehead atoms. The van der Waals surface area contributed by atoms with Gasteiger partial charge in [-0.3, -0.25) is 0 Å². The van der Waals surface area contributed by atoms with Crippen LogP contribution in [0.25, 0.3) is 11.4 Å². The highest BCUT2D eigenvalue weighted by Gasteiger charge is 2.12. The molecule has 1 aromatic carbocycles. The number of hydrogen-bond acceptors (Lipinski definition) is 5. The van der Waals surface area contributed by atoms with E-state index in [0.29, 0.717) is 24.6 Å². The molecule has 0 fully saturated rings. The van der Waals surface area contributed by atoms with Gasteiger partial charge < -0.3 is 15.2 Å². The number of carbonyl (C=O) groups is 1. The largest absolute Gasteiger partial charge is 0.345 e. The Morgan fingerprint density at radius 1 is 1.40 bits per heavy atom. The van der Waals surface area contributed by atoms with E-state index in [1.165, 1.54) is 4.80 Å². The average Bonchev–Trinajstić information content (AvgIpc) is 3.24. The Hall–Kier alpha value is -3.23. The number of urea groups is 1. The Morgan fingerprint density at radius 2 is 2.24 bits per heavy atom. The number of nitrogens with one attached hydrogen (secondary N) is 2. The smallest absolute Gasteiger partial charge is 0.321 e. The number of aryl methyl sites for hydroxylation is 2. The lowest BCUT2D eigenvalue weighted by Gasteiger charge is -2.17. The number of nitrogens with zero attached hydrogens (tertiary/aromatic N) is 6. The lowest BCUT2D eigenvalue weighted by atomic mass is 10.2. The van der Waals surface area contributed by atoms with Crippen molar-refractivity contribution in [2.45, 2.75) is 26.9 Å². The summed E-state index contributed by atoms with van der Waals surface area (Å²) >= 11 is 0. The second-order valence-electron chi connectivity index (χ2n) is 5.68. The topological polar surface area (TPSA) is 105 Å². The maximum Gasteiger partial charge on any atom is 0.321 e. The third kappa shape index (κ3) is 4.00. The summed E-state index contributed by atoms with van der Waals surface area (Å²) < 4.78 is 0. The first-order chi connectivity index (χ1) is 12.0. The van der Waals surface area contributed by atoms with Crippen LogP contribution >= 0.6 is 0 Å². The van der Waals surface area contributed by atoms with Crippen LogP contribution in [0.5, 0.6) is 0 Å². The normalized spacial score (nSPS) is 10.7. The SMILES string of the molecule is CCn1nnc(-c2cccc(NC(=O)N(C)Cc3ncc(C)[nH]3)c2)n1. The van der Waals surface area contributed by atoms with Gasteiger partial charge in [-0.05, 0) is 31.2 Å². The summed E-state index contributed by atoms with van der Waals surface area (Å²) in [6.07, 6.45) is 1.74. The quantitative estimate of drug-likeness (QED) is 0.739. The Bertz CT molecular complexity index is 868. The third-order valence-electron chi connectivity index (χ3n) is 3.60. The van der Waals surface area contributed by atoms with E-state index in [1.807, 2.05) is 38.1 Å². The second kappa shape index (κ2) is 7.12. The van der Waals surface area contributed by atoms with E-state index < -0.39 is 0 Å². The summed E-state index contributed by atoms with van der Waals surface area (Å²) in [6, 6.07) is 7.13. The van der Waals surface area contributed by atoms with Crippen molar-refractivity contribution in [3.05, 3.63) is 42.0 Å². The summed E-state index contributed by atoms with van der Waals surface area (Å²) in [6.45, 7) is 4.91. The van der Waals surface area contributed by atoms with Crippen molar-refractivity contribution in [3.63, 3.8) is 0 Å². The maximum atomic E-state index is 12.3. The minimum atomic E-state index is -0.226. The van der Waals surface area contributed by atoms with Gasteiger partial charge in [0.15, 0.2) is 0 Å². The minimum Gasteiger partial charge on any atom is -0.345 e. The first-order valence-corrected chi connectivity index (χ1v) is 7.96. The number of rotatable bonds is 5. The molecule has 130 valence electrons. The first-order valence-electron chi connectivity index (χ1n) is 7.96. The third-order valence-corrected chi connectivity index (χ3v) is 3.60. The van der Waals surface area contributed by atoms with Gasteiger partial charge in [0.2, 0.25) is 5.82 Å². The molecule has 2 N–H and O–H groups in total. The molecule has 3 aromatic rings. The number of carbonyl (C=O) groups excluding carboxylic acids is 1. The zero-order chi connectivity index (χ0) is 17.8. The molecule has 9 heteroatoms.